The van der Waals surface area contributed by atoms with Crippen LogP contribution in [0.25, 0.3) is 0 Å². The number of allylic oxidation sites excluding steroid dienone is 3. The Bertz CT molecular complexity index is 2170. The lowest BCUT2D eigenvalue weighted by atomic mass is 10.0. The van der Waals surface area contributed by atoms with Gasteiger partial charge in [0.2, 0.25) is 0 Å². The van der Waals surface area contributed by atoms with Crippen LogP contribution in [0.1, 0.15) is 26.3 Å². The zero-order valence-corrected chi connectivity index (χ0v) is 26.1. The molecule has 2 aliphatic heterocycles. The summed E-state index contributed by atoms with van der Waals surface area (Å²) in [6.45, 7) is 3.71. The Morgan fingerprint density at radius 2 is 0.980 bits per heavy atom. The van der Waals surface area contributed by atoms with Crippen LogP contribution in [0.2, 0.25) is 0 Å². The average molecular weight is 645 g/mol. The fourth-order valence-electron chi connectivity index (χ4n) is 5.72. The summed E-state index contributed by atoms with van der Waals surface area (Å²) >= 11 is 0. The van der Waals surface area contributed by atoms with Crippen molar-refractivity contribution in [1.29, 1.82) is 0 Å². The van der Waals surface area contributed by atoms with E-state index in [-0.39, 0.29) is 28.7 Å². The lowest BCUT2D eigenvalue weighted by Gasteiger charge is -2.14. The van der Waals surface area contributed by atoms with E-state index < -0.39 is 23.6 Å². The summed E-state index contributed by atoms with van der Waals surface area (Å²) < 4.78 is 11.7. The number of ether oxygens (including phenoxy) is 2. The van der Waals surface area contributed by atoms with E-state index in [0.717, 1.165) is 9.80 Å². The van der Waals surface area contributed by atoms with Gasteiger partial charge in [-0.15, -0.1) is 0 Å². The van der Waals surface area contributed by atoms with Crippen molar-refractivity contribution in [3.8, 4) is 23.0 Å². The Balaban J connectivity index is 1.08. The van der Waals surface area contributed by atoms with Gasteiger partial charge in [0, 0.05) is 5.57 Å². The molecule has 49 heavy (non-hydrogen) atoms. The number of hydrogen-bond acceptors (Lipinski definition) is 6. The van der Waals surface area contributed by atoms with E-state index in [0.29, 0.717) is 39.9 Å². The lowest BCUT2D eigenvalue weighted by molar-refractivity contribution is -0.119. The zero-order valence-electron chi connectivity index (χ0n) is 26.1. The normalized spacial score (nSPS) is 15.7. The van der Waals surface area contributed by atoms with Gasteiger partial charge in [0.1, 0.15) is 23.0 Å². The molecule has 2 heterocycles. The molecule has 5 aromatic carbocycles. The van der Waals surface area contributed by atoms with Crippen molar-refractivity contribution in [2.75, 3.05) is 9.80 Å². The van der Waals surface area contributed by atoms with Gasteiger partial charge in [-0.05, 0) is 103 Å². The second-order valence-electron chi connectivity index (χ2n) is 11.2. The van der Waals surface area contributed by atoms with Crippen molar-refractivity contribution >= 4 is 35.0 Å². The molecule has 0 atom stereocenters. The fraction of sp³-hybridized carbons (Fsp3) is 0.0244. The molecule has 2 aliphatic rings. The van der Waals surface area contributed by atoms with Gasteiger partial charge in [0.15, 0.2) is 0 Å². The summed E-state index contributed by atoms with van der Waals surface area (Å²) in [5.41, 5.74) is 2.50. The highest BCUT2D eigenvalue weighted by atomic mass is 16.5. The number of carbonyl (C=O) groups excluding carboxylic acids is 4. The summed E-state index contributed by atoms with van der Waals surface area (Å²) in [5.74, 6) is 0.639. The van der Waals surface area contributed by atoms with Crippen molar-refractivity contribution in [2.45, 2.75) is 6.42 Å². The van der Waals surface area contributed by atoms with Crippen LogP contribution in [0.5, 0.6) is 23.0 Å². The van der Waals surface area contributed by atoms with E-state index in [1.165, 1.54) is 12.2 Å². The van der Waals surface area contributed by atoms with Gasteiger partial charge in [-0.25, -0.2) is 9.80 Å². The highest BCUT2D eigenvalue weighted by molar-refractivity contribution is 6.37. The molecular weight excluding hydrogens is 616 g/mol. The van der Waals surface area contributed by atoms with Crippen LogP contribution in [0.15, 0.2) is 163 Å². The number of nitrogens with zero attached hydrogens (tertiary/aromatic N) is 2. The molecular formula is C41H28N2O6. The van der Waals surface area contributed by atoms with Crippen LogP contribution in [-0.4, -0.2) is 23.6 Å². The molecule has 1 fully saturated rings. The second kappa shape index (κ2) is 13.1. The third-order valence-corrected chi connectivity index (χ3v) is 8.08. The predicted molar refractivity (Wildman–Crippen MR) is 186 cm³/mol. The molecule has 0 N–H and O–H groups in total. The van der Waals surface area contributed by atoms with Crippen molar-refractivity contribution in [2.24, 2.45) is 0 Å². The largest absolute Gasteiger partial charge is 0.457 e. The number of fused-ring (bicyclic) bond motifs is 1. The zero-order chi connectivity index (χ0) is 33.9. The Kier molecular flexibility index (Phi) is 8.26. The Labute approximate surface area is 282 Å². The molecule has 8 heteroatoms. The van der Waals surface area contributed by atoms with Crippen molar-refractivity contribution in [1.82, 2.24) is 0 Å². The smallest absolute Gasteiger partial charge is 0.266 e. The summed E-state index contributed by atoms with van der Waals surface area (Å²) in [6.07, 6.45) is 4.87. The molecule has 0 unspecified atom stereocenters. The Morgan fingerprint density at radius 1 is 0.510 bits per heavy atom. The van der Waals surface area contributed by atoms with Crippen LogP contribution >= 0.6 is 0 Å². The first-order valence-electron chi connectivity index (χ1n) is 15.5. The van der Waals surface area contributed by atoms with Crippen molar-refractivity contribution in [3.05, 3.63) is 180 Å². The van der Waals surface area contributed by atoms with Gasteiger partial charge >= 0.3 is 0 Å². The first kappa shape index (κ1) is 30.8. The summed E-state index contributed by atoms with van der Waals surface area (Å²) in [5, 5.41) is 0. The van der Waals surface area contributed by atoms with E-state index in [1.54, 1.807) is 72.8 Å². The van der Waals surface area contributed by atoms with E-state index in [4.69, 9.17) is 9.47 Å². The van der Waals surface area contributed by atoms with E-state index in [2.05, 4.69) is 6.58 Å². The Hall–Kier alpha value is -6.80. The van der Waals surface area contributed by atoms with E-state index >= 15 is 0 Å². The Morgan fingerprint density at radius 3 is 1.51 bits per heavy atom. The van der Waals surface area contributed by atoms with E-state index in [9.17, 15) is 19.2 Å². The number of rotatable bonds is 9. The monoisotopic (exact) mass is 644 g/mol. The highest BCUT2D eigenvalue weighted by Gasteiger charge is 2.40. The van der Waals surface area contributed by atoms with Gasteiger partial charge in [0.05, 0.1) is 28.1 Å². The van der Waals surface area contributed by atoms with Gasteiger partial charge in [-0.2, -0.15) is 0 Å². The SMILES string of the molecule is C=CC=C1C(=O)N(c2ccc(Oc3ccccc3)cc2)C(=O)C1=CCc1ccc2c(c1)C(=O)N(c1ccc(Oc3ccccc3)cc1)C2=O. The third-order valence-electron chi connectivity index (χ3n) is 8.08. The highest BCUT2D eigenvalue weighted by Crippen LogP contribution is 2.34. The van der Waals surface area contributed by atoms with Crippen LogP contribution in [0.3, 0.4) is 0 Å². The molecule has 0 spiro atoms. The molecule has 238 valence electrons. The van der Waals surface area contributed by atoms with Gasteiger partial charge in [-0.3, -0.25) is 19.2 Å². The third kappa shape index (κ3) is 6.06. The molecule has 8 nitrogen and oxygen atoms in total. The predicted octanol–water partition coefficient (Wildman–Crippen LogP) is 8.23. The van der Waals surface area contributed by atoms with Crippen LogP contribution < -0.4 is 19.3 Å². The number of amides is 4. The second-order valence-corrected chi connectivity index (χ2v) is 11.2. The number of para-hydroxylation sites is 2. The number of benzene rings is 5. The maximum absolute atomic E-state index is 13.6. The molecule has 0 bridgehead atoms. The molecule has 0 saturated carbocycles. The number of anilines is 2. The van der Waals surface area contributed by atoms with Gasteiger partial charge in [-0.1, -0.05) is 61.2 Å². The fourth-order valence-corrected chi connectivity index (χ4v) is 5.72. The maximum Gasteiger partial charge on any atom is 0.266 e. The standard InChI is InChI=1S/C41H28N2O6/c1-2-9-34-35(39(45)42(38(34)44)28-16-20-32(21-17-28)48-30-10-5-3-6-11-30)24-14-27-15-25-36-37(26-27)41(47)43(40(36)46)29-18-22-33(23-19-29)49-31-12-7-4-8-13-31/h2-13,15-26H,1,14H2. The summed E-state index contributed by atoms with van der Waals surface area (Å²) in [7, 11) is 0. The number of carbonyl (C=O) groups is 4. The van der Waals surface area contributed by atoms with Crippen molar-refractivity contribution < 1.29 is 28.7 Å². The minimum absolute atomic E-state index is 0.211. The number of hydrogen-bond donors (Lipinski definition) is 0. The number of imide groups is 2. The average Bonchev–Trinajstić information content (AvgIpc) is 3.51. The van der Waals surface area contributed by atoms with E-state index in [1.807, 2.05) is 60.7 Å². The molecule has 0 aromatic heterocycles. The molecule has 7 rings (SSSR count). The minimum Gasteiger partial charge on any atom is -0.457 e. The molecule has 4 amide bonds. The van der Waals surface area contributed by atoms with Gasteiger partial charge in [0.25, 0.3) is 23.6 Å². The van der Waals surface area contributed by atoms with Crippen LogP contribution in [-0.2, 0) is 16.0 Å². The maximum atomic E-state index is 13.6. The van der Waals surface area contributed by atoms with Crippen molar-refractivity contribution in [3.63, 3.8) is 0 Å². The first-order chi connectivity index (χ1) is 23.9. The molecule has 1 saturated heterocycles. The van der Waals surface area contributed by atoms with Gasteiger partial charge < -0.3 is 9.47 Å². The lowest BCUT2D eigenvalue weighted by Crippen LogP contribution is -2.29. The minimum atomic E-state index is -0.479. The quantitative estimate of drug-likeness (QED) is 0.119. The van der Waals surface area contributed by atoms with Crippen LogP contribution in [0, 0.1) is 0 Å². The molecule has 0 aliphatic carbocycles. The summed E-state index contributed by atoms with van der Waals surface area (Å²) in [6, 6.07) is 37.0. The summed E-state index contributed by atoms with van der Waals surface area (Å²) in [4.78, 5) is 56.1. The van der Waals surface area contributed by atoms with Crippen LogP contribution in [0.4, 0.5) is 11.4 Å². The first-order valence-corrected chi connectivity index (χ1v) is 15.5. The molecule has 5 aromatic rings. The molecule has 0 radical (unpaired) electrons. The topological polar surface area (TPSA) is 93.2 Å².